The highest BCUT2D eigenvalue weighted by Crippen LogP contribution is 2.26. The van der Waals surface area contributed by atoms with Crippen molar-refractivity contribution in [2.45, 2.75) is 18.9 Å². The largest absolute Gasteiger partial charge is 0.423 e. The van der Waals surface area contributed by atoms with Crippen LogP contribution in [0.2, 0.25) is 0 Å². The van der Waals surface area contributed by atoms with E-state index in [4.69, 9.17) is 10.2 Å². The Morgan fingerprint density at radius 1 is 1.53 bits per heavy atom. The van der Waals surface area contributed by atoms with Gasteiger partial charge >= 0.3 is 0 Å². The van der Waals surface area contributed by atoms with Crippen molar-refractivity contribution in [3.63, 3.8) is 0 Å². The van der Waals surface area contributed by atoms with Crippen LogP contribution in [0.3, 0.4) is 0 Å². The van der Waals surface area contributed by atoms with E-state index in [-0.39, 0.29) is 11.7 Å². The number of nitro groups is 1. The third-order valence-corrected chi connectivity index (χ3v) is 3.30. The van der Waals surface area contributed by atoms with Crippen LogP contribution in [-0.4, -0.2) is 29.0 Å². The molecule has 1 aliphatic rings. The number of nitrogens with two attached hydrogens (primary N) is 1. The number of hydrogen-bond acceptors (Lipinski definition) is 6. The van der Waals surface area contributed by atoms with Gasteiger partial charge in [0.2, 0.25) is 0 Å². The lowest BCUT2D eigenvalue weighted by atomic mass is 10.1. The van der Waals surface area contributed by atoms with Crippen LogP contribution in [0, 0.1) is 10.1 Å². The third-order valence-electron chi connectivity index (χ3n) is 3.30. The topological polar surface area (TPSA) is 98.4 Å². The van der Waals surface area contributed by atoms with Gasteiger partial charge < -0.3 is 15.1 Å². The average molecular weight is 262 g/mol. The van der Waals surface area contributed by atoms with E-state index in [1.54, 1.807) is 6.07 Å². The molecule has 100 valence electrons. The highest BCUT2D eigenvalue weighted by atomic mass is 16.6. The van der Waals surface area contributed by atoms with Crippen LogP contribution in [0.4, 0.5) is 11.7 Å². The summed E-state index contributed by atoms with van der Waals surface area (Å²) in [6, 6.07) is 5.03. The SMILES string of the molecule is NC1CCCN(c2nc3cc([N+](=O)[O-])ccc3o2)C1. The molecule has 1 unspecified atom stereocenters. The maximum Gasteiger partial charge on any atom is 0.298 e. The number of nitro benzene ring substituents is 1. The van der Waals surface area contributed by atoms with E-state index in [1.165, 1.54) is 12.1 Å². The lowest BCUT2D eigenvalue weighted by molar-refractivity contribution is -0.384. The van der Waals surface area contributed by atoms with Gasteiger partial charge in [-0.1, -0.05) is 0 Å². The summed E-state index contributed by atoms with van der Waals surface area (Å²) >= 11 is 0. The van der Waals surface area contributed by atoms with Gasteiger partial charge in [-0.05, 0) is 18.9 Å². The van der Waals surface area contributed by atoms with E-state index in [1.807, 2.05) is 4.90 Å². The fraction of sp³-hybridized carbons (Fsp3) is 0.417. The van der Waals surface area contributed by atoms with Crippen LogP contribution in [0.25, 0.3) is 11.1 Å². The first-order valence-corrected chi connectivity index (χ1v) is 6.19. The molecule has 0 aliphatic carbocycles. The van der Waals surface area contributed by atoms with Gasteiger partial charge in [0.15, 0.2) is 5.58 Å². The first-order chi connectivity index (χ1) is 9.13. The Hall–Kier alpha value is -2.15. The molecule has 1 saturated heterocycles. The molecule has 2 heterocycles. The number of oxazole rings is 1. The average Bonchev–Trinajstić information content (AvgIpc) is 2.81. The third kappa shape index (κ3) is 2.24. The number of piperidine rings is 1. The van der Waals surface area contributed by atoms with Crippen molar-refractivity contribution in [2.75, 3.05) is 18.0 Å². The Morgan fingerprint density at radius 3 is 3.11 bits per heavy atom. The van der Waals surface area contributed by atoms with E-state index in [0.29, 0.717) is 23.7 Å². The molecule has 1 fully saturated rings. The second-order valence-electron chi connectivity index (χ2n) is 4.75. The van der Waals surface area contributed by atoms with Gasteiger partial charge in [0, 0.05) is 31.3 Å². The Balaban J connectivity index is 1.94. The molecule has 3 rings (SSSR count). The van der Waals surface area contributed by atoms with Gasteiger partial charge in [0.05, 0.1) is 4.92 Å². The van der Waals surface area contributed by atoms with Crippen molar-refractivity contribution in [1.82, 2.24) is 4.98 Å². The molecule has 0 bridgehead atoms. The summed E-state index contributed by atoms with van der Waals surface area (Å²) in [4.78, 5) is 16.6. The Bertz CT molecular complexity index is 624. The van der Waals surface area contributed by atoms with Crippen LogP contribution in [0.5, 0.6) is 0 Å². The van der Waals surface area contributed by atoms with Gasteiger partial charge in [-0.3, -0.25) is 10.1 Å². The molecule has 0 amide bonds. The second kappa shape index (κ2) is 4.51. The molecule has 0 spiro atoms. The summed E-state index contributed by atoms with van der Waals surface area (Å²) in [5, 5.41) is 10.7. The van der Waals surface area contributed by atoms with Crippen LogP contribution in [-0.2, 0) is 0 Å². The summed E-state index contributed by atoms with van der Waals surface area (Å²) in [5.41, 5.74) is 6.99. The summed E-state index contributed by atoms with van der Waals surface area (Å²) < 4.78 is 5.63. The lowest BCUT2D eigenvalue weighted by Crippen LogP contribution is -2.42. The van der Waals surface area contributed by atoms with Crippen LogP contribution < -0.4 is 10.6 Å². The normalized spacial score (nSPS) is 19.8. The summed E-state index contributed by atoms with van der Waals surface area (Å²) in [6.07, 6.45) is 2.00. The fourth-order valence-corrected chi connectivity index (χ4v) is 2.34. The molecule has 2 aromatic rings. The molecule has 0 saturated carbocycles. The molecule has 1 aromatic carbocycles. The van der Waals surface area contributed by atoms with Gasteiger partial charge in [-0.2, -0.15) is 4.98 Å². The first kappa shape index (κ1) is 11.9. The minimum Gasteiger partial charge on any atom is -0.423 e. The molecule has 1 aromatic heterocycles. The van der Waals surface area contributed by atoms with E-state index in [0.717, 1.165) is 19.4 Å². The number of anilines is 1. The molecular formula is C12H14N4O3. The smallest absolute Gasteiger partial charge is 0.298 e. The summed E-state index contributed by atoms with van der Waals surface area (Å²) in [7, 11) is 0. The number of rotatable bonds is 2. The maximum atomic E-state index is 10.7. The standard InChI is InChI=1S/C12H14N4O3/c13-8-2-1-5-15(7-8)12-14-10-6-9(16(17)18)3-4-11(10)19-12/h3-4,6,8H,1-2,5,7,13H2. The Kier molecular flexibility index (Phi) is 2.83. The van der Waals surface area contributed by atoms with Crippen LogP contribution in [0.1, 0.15) is 12.8 Å². The zero-order valence-electron chi connectivity index (χ0n) is 10.3. The molecule has 1 atom stereocenters. The number of nitrogens with zero attached hydrogens (tertiary/aromatic N) is 3. The minimum atomic E-state index is -0.440. The number of benzene rings is 1. The number of aromatic nitrogens is 1. The van der Waals surface area contributed by atoms with Crippen molar-refractivity contribution in [2.24, 2.45) is 5.73 Å². The zero-order valence-corrected chi connectivity index (χ0v) is 10.3. The Labute approximate surface area is 109 Å². The molecular weight excluding hydrogens is 248 g/mol. The van der Waals surface area contributed by atoms with E-state index in [2.05, 4.69) is 4.98 Å². The van der Waals surface area contributed by atoms with Crippen molar-refractivity contribution < 1.29 is 9.34 Å². The number of fused-ring (bicyclic) bond motifs is 1. The second-order valence-corrected chi connectivity index (χ2v) is 4.75. The Morgan fingerprint density at radius 2 is 2.37 bits per heavy atom. The molecule has 2 N–H and O–H groups in total. The summed E-state index contributed by atoms with van der Waals surface area (Å²) in [5.74, 6) is 0. The molecule has 7 nitrogen and oxygen atoms in total. The van der Waals surface area contributed by atoms with Crippen LogP contribution in [0.15, 0.2) is 22.6 Å². The predicted octanol–water partition coefficient (Wildman–Crippen LogP) is 1.66. The molecule has 0 radical (unpaired) electrons. The van der Waals surface area contributed by atoms with Crippen LogP contribution >= 0.6 is 0 Å². The fourth-order valence-electron chi connectivity index (χ4n) is 2.34. The van der Waals surface area contributed by atoms with Crippen molar-refractivity contribution in [3.05, 3.63) is 28.3 Å². The highest BCUT2D eigenvalue weighted by molar-refractivity contribution is 5.77. The van der Waals surface area contributed by atoms with Crippen molar-refractivity contribution in [1.29, 1.82) is 0 Å². The van der Waals surface area contributed by atoms with E-state index < -0.39 is 4.92 Å². The summed E-state index contributed by atoms with van der Waals surface area (Å²) in [6.45, 7) is 1.55. The monoisotopic (exact) mass is 262 g/mol. The predicted molar refractivity (Wildman–Crippen MR) is 70.1 cm³/mol. The lowest BCUT2D eigenvalue weighted by Gasteiger charge is -2.29. The van der Waals surface area contributed by atoms with Gasteiger partial charge in [-0.25, -0.2) is 0 Å². The van der Waals surface area contributed by atoms with Gasteiger partial charge in [0.1, 0.15) is 5.52 Å². The maximum absolute atomic E-state index is 10.7. The van der Waals surface area contributed by atoms with E-state index >= 15 is 0 Å². The number of hydrogen-bond donors (Lipinski definition) is 1. The highest BCUT2D eigenvalue weighted by Gasteiger charge is 2.21. The molecule has 7 heteroatoms. The minimum absolute atomic E-state index is 0.0164. The quantitative estimate of drug-likeness (QED) is 0.652. The van der Waals surface area contributed by atoms with E-state index in [9.17, 15) is 10.1 Å². The first-order valence-electron chi connectivity index (χ1n) is 6.19. The number of non-ortho nitro benzene ring substituents is 1. The molecule has 1 aliphatic heterocycles. The zero-order chi connectivity index (χ0) is 13.4. The van der Waals surface area contributed by atoms with Gasteiger partial charge in [-0.15, -0.1) is 0 Å². The molecule has 19 heavy (non-hydrogen) atoms. The van der Waals surface area contributed by atoms with Crippen molar-refractivity contribution in [3.8, 4) is 0 Å². The van der Waals surface area contributed by atoms with Crippen molar-refractivity contribution >= 4 is 22.8 Å². The van der Waals surface area contributed by atoms with Gasteiger partial charge in [0.25, 0.3) is 11.7 Å².